The minimum absolute atomic E-state index is 0.0430. The molecule has 0 bridgehead atoms. The highest BCUT2D eigenvalue weighted by molar-refractivity contribution is 5.95. The molecule has 2 aromatic rings. The zero-order chi connectivity index (χ0) is 26.5. The van der Waals surface area contributed by atoms with Crippen molar-refractivity contribution in [1.82, 2.24) is 20.0 Å². The summed E-state index contributed by atoms with van der Waals surface area (Å²) < 4.78 is 10.7. The van der Waals surface area contributed by atoms with Crippen molar-refractivity contribution in [3.05, 3.63) is 76.5 Å². The van der Waals surface area contributed by atoms with Crippen LogP contribution >= 0.6 is 0 Å². The number of nitrogens with zero attached hydrogens (tertiary/aromatic N) is 3. The van der Waals surface area contributed by atoms with E-state index < -0.39 is 12.0 Å². The van der Waals surface area contributed by atoms with Gasteiger partial charge in [-0.1, -0.05) is 35.9 Å². The molecule has 0 spiro atoms. The first-order valence-corrected chi connectivity index (χ1v) is 12.5. The fraction of sp³-hybridized carbons (Fsp3) is 0.393. The lowest BCUT2D eigenvalue weighted by molar-refractivity contribution is -0.139. The molecule has 2 aliphatic heterocycles. The fourth-order valence-corrected chi connectivity index (χ4v) is 4.67. The van der Waals surface area contributed by atoms with E-state index in [1.165, 1.54) is 4.90 Å². The average molecular weight is 507 g/mol. The molecule has 1 N–H and O–H groups in total. The van der Waals surface area contributed by atoms with E-state index >= 15 is 0 Å². The third-order valence-corrected chi connectivity index (χ3v) is 6.83. The summed E-state index contributed by atoms with van der Waals surface area (Å²) in [6.07, 6.45) is 0. The first-order chi connectivity index (χ1) is 17.8. The average Bonchev–Trinajstić information content (AvgIpc) is 2.91. The normalized spacial score (nSPS) is 18.5. The zero-order valence-corrected chi connectivity index (χ0v) is 21.8. The number of nitrogens with one attached hydrogen (secondary N) is 1. The molecule has 9 heteroatoms. The number of amides is 3. The van der Waals surface area contributed by atoms with E-state index in [-0.39, 0.29) is 18.5 Å². The number of ether oxygens (including phenoxy) is 2. The molecule has 3 amide bonds. The van der Waals surface area contributed by atoms with Gasteiger partial charge in [0.1, 0.15) is 5.75 Å². The van der Waals surface area contributed by atoms with Gasteiger partial charge in [-0.2, -0.15) is 0 Å². The number of urea groups is 1. The Morgan fingerprint density at radius 1 is 1.05 bits per heavy atom. The van der Waals surface area contributed by atoms with Gasteiger partial charge in [-0.05, 0) is 37.6 Å². The number of hydrogen-bond donors (Lipinski definition) is 1. The standard InChI is InChI=1S/C28H34N4O5/c1-5-37-27(34)24-23(30(3)28(35)29-25(24)20-11-9-19(2)10-12-20)18-31-13-15-32(16-14-31)26(33)21-7-6-8-22(17-21)36-4/h6-12,17,25H,5,13-16,18H2,1-4H3,(H,29,35). The number of benzene rings is 2. The van der Waals surface area contributed by atoms with Crippen LogP contribution in [0.5, 0.6) is 5.75 Å². The predicted molar refractivity (Wildman–Crippen MR) is 139 cm³/mol. The van der Waals surface area contributed by atoms with Gasteiger partial charge in [0, 0.05) is 51.0 Å². The van der Waals surface area contributed by atoms with Gasteiger partial charge in [-0.15, -0.1) is 0 Å². The lowest BCUT2D eigenvalue weighted by atomic mass is 9.93. The number of rotatable bonds is 7. The highest BCUT2D eigenvalue weighted by Crippen LogP contribution is 2.32. The largest absolute Gasteiger partial charge is 0.497 e. The van der Waals surface area contributed by atoms with Crippen LogP contribution in [-0.2, 0) is 9.53 Å². The van der Waals surface area contributed by atoms with Crippen LogP contribution in [0, 0.1) is 6.92 Å². The van der Waals surface area contributed by atoms with Crippen LogP contribution in [-0.4, -0.2) is 86.1 Å². The Balaban J connectivity index is 1.55. The maximum Gasteiger partial charge on any atom is 0.338 e. The molecule has 2 aromatic carbocycles. The van der Waals surface area contributed by atoms with Crippen molar-refractivity contribution in [2.24, 2.45) is 0 Å². The van der Waals surface area contributed by atoms with Crippen LogP contribution in [0.3, 0.4) is 0 Å². The first-order valence-electron chi connectivity index (χ1n) is 12.5. The molecule has 0 saturated carbocycles. The van der Waals surface area contributed by atoms with Crippen molar-refractivity contribution in [2.45, 2.75) is 19.9 Å². The van der Waals surface area contributed by atoms with E-state index in [2.05, 4.69) is 10.2 Å². The highest BCUT2D eigenvalue weighted by atomic mass is 16.5. The second-order valence-electron chi connectivity index (χ2n) is 9.23. The minimum Gasteiger partial charge on any atom is -0.497 e. The van der Waals surface area contributed by atoms with Crippen LogP contribution in [0.25, 0.3) is 0 Å². The number of carbonyl (C=O) groups is 3. The van der Waals surface area contributed by atoms with E-state index in [0.717, 1.165) is 11.1 Å². The Labute approximate surface area is 217 Å². The van der Waals surface area contributed by atoms with Gasteiger partial charge in [0.15, 0.2) is 0 Å². The Morgan fingerprint density at radius 2 is 1.76 bits per heavy atom. The quantitative estimate of drug-likeness (QED) is 0.581. The number of hydrogen-bond acceptors (Lipinski definition) is 6. The highest BCUT2D eigenvalue weighted by Gasteiger charge is 2.37. The number of likely N-dealkylation sites (N-methyl/N-ethyl adjacent to an activating group) is 1. The molecule has 1 saturated heterocycles. The molecule has 196 valence electrons. The van der Waals surface area contributed by atoms with Gasteiger partial charge >= 0.3 is 12.0 Å². The van der Waals surface area contributed by atoms with Gasteiger partial charge in [-0.25, -0.2) is 9.59 Å². The van der Waals surface area contributed by atoms with Crippen LogP contribution in [0.4, 0.5) is 4.79 Å². The van der Waals surface area contributed by atoms with E-state index in [9.17, 15) is 14.4 Å². The second kappa shape index (κ2) is 11.5. The molecule has 9 nitrogen and oxygen atoms in total. The van der Waals surface area contributed by atoms with E-state index in [4.69, 9.17) is 9.47 Å². The molecule has 0 aromatic heterocycles. The molecule has 1 atom stereocenters. The lowest BCUT2D eigenvalue weighted by Crippen LogP contribution is -2.53. The third kappa shape index (κ3) is 5.77. The summed E-state index contributed by atoms with van der Waals surface area (Å²) in [4.78, 5) is 44.6. The van der Waals surface area contributed by atoms with E-state index in [1.807, 2.05) is 42.2 Å². The van der Waals surface area contributed by atoms with Gasteiger partial charge in [0.05, 0.1) is 25.3 Å². The van der Waals surface area contributed by atoms with Crippen molar-refractivity contribution < 1.29 is 23.9 Å². The molecule has 0 aliphatic carbocycles. The number of esters is 1. The van der Waals surface area contributed by atoms with Gasteiger partial charge in [0.2, 0.25) is 0 Å². The van der Waals surface area contributed by atoms with Crippen molar-refractivity contribution in [3.63, 3.8) is 0 Å². The Bertz CT molecular complexity index is 1190. The number of carbonyl (C=O) groups excluding carboxylic acids is 3. The van der Waals surface area contributed by atoms with Crippen LogP contribution < -0.4 is 10.1 Å². The van der Waals surface area contributed by atoms with Crippen LogP contribution in [0.2, 0.25) is 0 Å². The molecule has 0 radical (unpaired) electrons. The molecular formula is C28H34N4O5. The summed E-state index contributed by atoms with van der Waals surface area (Å²) in [6, 6.07) is 14.0. The molecule has 2 heterocycles. The monoisotopic (exact) mass is 506 g/mol. The summed E-state index contributed by atoms with van der Waals surface area (Å²) in [5.41, 5.74) is 3.54. The number of piperazine rings is 1. The first kappa shape index (κ1) is 26.2. The predicted octanol–water partition coefficient (Wildman–Crippen LogP) is 2.97. The van der Waals surface area contributed by atoms with Crippen LogP contribution in [0.15, 0.2) is 59.8 Å². The lowest BCUT2D eigenvalue weighted by Gasteiger charge is -2.39. The summed E-state index contributed by atoms with van der Waals surface area (Å²) in [6.45, 7) is 6.68. The number of methoxy groups -OCH3 is 1. The zero-order valence-electron chi connectivity index (χ0n) is 21.8. The van der Waals surface area contributed by atoms with Gasteiger partial charge in [-0.3, -0.25) is 14.6 Å². The number of aryl methyl sites for hydroxylation is 1. The van der Waals surface area contributed by atoms with E-state index in [1.54, 1.807) is 39.3 Å². The molecular weight excluding hydrogens is 472 g/mol. The topological polar surface area (TPSA) is 91.4 Å². The van der Waals surface area contributed by atoms with Gasteiger partial charge < -0.3 is 19.7 Å². The van der Waals surface area contributed by atoms with Crippen LogP contribution in [0.1, 0.15) is 34.5 Å². The molecule has 37 heavy (non-hydrogen) atoms. The van der Waals surface area contributed by atoms with Crippen molar-refractivity contribution in [1.29, 1.82) is 0 Å². The summed E-state index contributed by atoms with van der Waals surface area (Å²) in [5.74, 6) is 0.157. The Hall–Kier alpha value is -3.85. The molecule has 1 unspecified atom stereocenters. The summed E-state index contributed by atoms with van der Waals surface area (Å²) in [7, 11) is 3.24. The van der Waals surface area contributed by atoms with Crippen molar-refractivity contribution in [3.8, 4) is 5.75 Å². The summed E-state index contributed by atoms with van der Waals surface area (Å²) in [5, 5.41) is 2.95. The molecule has 2 aliphatic rings. The SMILES string of the molecule is CCOC(=O)C1=C(CN2CCN(C(=O)c3cccc(OC)c3)CC2)N(C)C(=O)NC1c1ccc(C)cc1. The maximum absolute atomic E-state index is 13.2. The van der Waals surface area contributed by atoms with Crippen molar-refractivity contribution in [2.75, 3.05) is 53.5 Å². The molecule has 4 rings (SSSR count). The Kier molecular flexibility index (Phi) is 8.13. The minimum atomic E-state index is -0.603. The van der Waals surface area contributed by atoms with Crippen molar-refractivity contribution >= 4 is 17.9 Å². The van der Waals surface area contributed by atoms with Gasteiger partial charge in [0.25, 0.3) is 5.91 Å². The second-order valence-corrected chi connectivity index (χ2v) is 9.23. The van der Waals surface area contributed by atoms with E-state index in [0.29, 0.717) is 55.3 Å². The maximum atomic E-state index is 13.2. The Morgan fingerprint density at radius 3 is 2.41 bits per heavy atom. The molecule has 1 fully saturated rings. The fourth-order valence-electron chi connectivity index (χ4n) is 4.67. The smallest absolute Gasteiger partial charge is 0.338 e. The summed E-state index contributed by atoms with van der Waals surface area (Å²) >= 11 is 0. The third-order valence-electron chi connectivity index (χ3n) is 6.83.